The van der Waals surface area contributed by atoms with Gasteiger partial charge in [0.25, 0.3) is 11.8 Å². The molecule has 1 aromatic heterocycles. The molecular formula is C25H24N4O3. The van der Waals surface area contributed by atoms with Crippen molar-refractivity contribution in [1.82, 2.24) is 9.88 Å². The van der Waals surface area contributed by atoms with Crippen LogP contribution in [-0.4, -0.2) is 46.7 Å². The zero-order chi connectivity index (χ0) is 22.5. The molecule has 1 saturated heterocycles. The van der Waals surface area contributed by atoms with Gasteiger partial charge < -0.3 is 15.1 Å². The van der Waals surface area contributed by atoms with Crippen molar-refractivity contribution in [2.75, 3.05) is 23.3 Å². The number of aromatic nitrogens is 1. The molecule has 7 nitrogen and oxygen atoms in total. The van der Waals surface area contributed by atoms with Crippen molar-refractivity contribution in [3.05, 3.63) is 90.3 Å². The fraction of sp³-hybridized carbons (Fsp3) is 0.200. The summed E-state index contributed by atoms with van der Waals surface area (Å²) in [4.78, 5) is 46.1. The molecule has 3 aromatic rings. The third-order valence-electron chi connectivity index (χ3n) is 5.51. The van der Waals surface area contributed by atoms with E-state index in [-0.39, 0.29) is 17.7 Å². The number of amides is 3. The Bertz CT molecular complexity index is 1120. The highest BCUT2D eigenvalue weighted by Crippen LogP contribution is 2.25. The van der Waals surface area contributed by atoms with Crippen molar-refractivity contribution < 1.29 is 14.4 Å². The molecule has 1 atom stereocenters. The van der Waals surface area contributed by atoms with Crippen LogP contribution < -0.4 is 10.2 Å². The molecule has 4 rings (SSSR count). The third kappa shape index (κ3) is 4.37. The van der Waals surface area contributed by atoms with Crippen LogP contribution >= 0.6 is 0 Å². The summed E-state index contributed by atoms with van der Waals surface area (Å²) in [5, 5.41) is 2.79. The van der Waals surface area contributed by atoms with Gasteiger partial charge in [-0.15, -0.1) is 0 Å². The van der Waals surface area contributed by atoms with Gasteiger partial charge in [0.05, 0.1) is 5.56 Å². The maximum absolute atomic E-state index is 13.3. The smallest absolute Gasteiger partial charge is 0.257 e. The second-order valence-electron chi connectivity index (χ2n) is 7.50. The summed E-state index contributed by atoms with van der Waals surface area (Å²) in [5.74, 6) is -0.620. The Morgan fingerprint density at radius 3 is 2.56 bits per heavy atom. The molecule has 0 aliphatic carbocycles. The van der Waals surface area contributed by atoms with Crippen molar-refractivity contribution in [1.29, 1.82) is 0 Å². The number of hydrogen-bond donors (Lipinski definition) is 1. The first kappa shape index (κ1) is 21.2. The van der Waals surface area contributed by atoms with Crippen LogP contribution in [-0.2, 0) is 4.79 Å². The van der Waals surface area contributed by atoms with Crippen LogP contribution in [0.2, 0.25) is 0 Å². The van der Waals surface area contributed by atoms with E-state index in [1.165, 1.54) is 6.20 Å². The lowest BCUT2D eigenvalue weighted by Gasteiger charge is -2.27. The van der Waals surface area contributed by atoms with Gasteiger partial charge in [-0.05, 0) is 55.8 Å². The van der Waals surface area contributed by atoms with Crippen LogP contribution in [0.3, 0.4) is 0 Å². The Balaban J connectivity index is 1.50. The van der Waals surface area contributed by atoms with Gasteiger partial charge in [0.1, 0.15) is 6.04 Å². The van der Waals surface area contributed by atoms with E-state index < -0.39 is 6.04 Å². The van der Waals surface area contributed by atoms with E-state index in [9.17, 15) is 14.4 Å². The molecule has 0 bridgehead atoms. The first-order chi connectivity index (χ1) is 15.6. The van der Waals surface area contributed by atoms with E-state index >= 15 is 0 Å². The maximum atomic E-state index is 13.3. The van der Waals surface area contributed by atoms with Gasteiger partial charge in [0, 0.05) is 42.4 Å². The number of likely N-dealkylation sites (N-methyl/N-ethyl adjacent to an activating group) is 1. The van der Waals surface area contributed by atoms with Crippen molar-refractivity contribution >= 4 is 29.1 Å². The molecule has 0 spiro atoms. The highest BCUT2D eigenvalue weighted by atomic mass is 16.2. The van der Waals surface area contributed by atoms with Gasteiger partial charge >= 0.3 is 0 Å². The van der Waals surface area contributed by atoms with Crippen LogP contribution in [0.4, 0.5) is 11.4 Å². The Hall–Kier alpha value is -4.00. The van der Waals surface area contributed by atoms with Crippen molar-refractivity contribution in [3.8, 4) is 0 Å². The number of nitrogens with one attached hydrogen (secondary N) is 1. The van der Waals surface area contributed by atoms with Crippen LogP contribution in [0, 0.1) is 0 Å². The summed E-state index contributed by atoms with van der Waals surface area (Å²) in [7, 11) is 0. The minimum absolute atomic E-state index is 0.0764. The van der Waals surface area contributed by atoms with E-state index in [1.54, 1.807) is 52.4 Å². The standard InChI is InChI=1S/C25H24N4O3/c1-2-28(22-13-15-29(25(22)32)21-11-4-3-5-12-21)24(31)18-8-6-10-20(16-18)27-23(30)19-9-7-14-26-17-19/h3-12,14,16-17,22H,2,13,15H2,1H3,(H,27,30). The van der Waals surface area contributed by atoms with E-state index in [1.807, 2.05) is 37.3 Å². The van der Waals surface area contributed by atoms with Gasteiger partial charge in [-0.3, -0.25) is 19.4 Å². The molecule has 1 aliphatic rings. The highest BCUT2D eigenvalue weighted by Gasteiger charge is 2.38. The fourth-order valence-electron chi connectivity index (χ4n) is 3.92. The zero-order valence-corrected chi connectivity index (χ0v) is 17.8. The summed E-state index contributed by atoms with van der Waals surface area (Å²) in [5.41, 5.74) is 2.19. The maximum Gasteiger partial charge on any atom is 0.257 e. The molecule has 1 fully saturated rings. The van der Waals surface area contributed by atoms with E-state index in [2.05, 4.69) is 10.3 Å². The lowest BCUT2D eigenvalue weighted by Crippen LogP contribution is -2.45. The number of pyridine rings is 1. The topological polar surface area (TPSA) is 82.6 Å². The number of anilines is 2. The number of benzene rings is 2. The molecule has 32 heavy (non-hydrogen) atoms. The number of nitrogens with zero attached hydrogens (tertiary/aromatic N) is 3. The Labute approximate surface area is 186 Å². The second kappa shape index (κ2) is 9.43. The third-order valence-corrected chi connectivity index (χ3v) is 5.51. The summed E-state index contributed by atoms with van der Waals surface area (Å²) >= 11 is 0. The number of carbonyl (C=O) groups excluding carboxylic acids is 3. The van der Waals surface area contributed by atoms with E-state index in [4.69, 9.17) is 0 Å². The predicted octanol–water partition coefficient (Wildman–Crippen LogP) is 3.60. The summed E-state index contributed by atoms with van der Waals surface area (Å²) in [6.45, 7) is 2.84. The van der Waals surface area contributed by atoms with Crippen molar-refractivity contribution in [2.45, 2.75) is 19.4 Å². The molecule has 1 unspecified atom stereocenters. The number of carbonyl (C=O) groups is 3. The average Bonchev–Trinajstić information content (AvgIpc) is 3.22. The molecule has 2 heterocycles. The molecule has 1 aliphatic heterocycles. The quantitative estimate of drug-likeness (QED) is 0.650. The molecule has 7 heteroatoms. The van der Waals surface area contributed by atoms with E-state index in [0.717, 1.165) is 5.69 Å². The van der Waals surface area contributed by atoms with Crippen LogP contribution in [0.25, 0.3) is 0 Å². The Kier molecular flexibility index (Phi) is 6.26. The fourth-order valence-corrected chi connectivity index (χ4v) is 3.92. The molecule has 162 valence electrons. The zero-order valence-electron chi connectivity index (χ0n) is 17.8. The van der Waals surface area contributed by atoms with Gasteiger partial charge in [-0.1, -0.05) is 24.3 Å². The molecule has 2 aromatic carbocycles. The predicted molar refractivity (Wildman–Crippen MR) is 123 cm³/mol. The van der Waals surface area contributed by atoms with Gasteiger partial charge in [0.2, 0.25) is 5.91 Å². The molecular weight excluding hydrogens is 404 g/mol. The number of hydrogen-bond acceptors (Lipinski definition) is 4. The van der Waals surface area contributed by atoms with Gasteiger partial charge in [-0.2, -0.15) is 0 Å². The Morgan fingerprint density at radius 2 is 1.84 bits per heavy atom. The largest absolute Gasteiger partial charge is 0.327 e. The first-order valence-electron chi connectivity index (χ1n) is 10.6. The SMILES string of the molecule is CCN(C(=O)c1cccc(NC(=O)c2cccnc2)c1)C1CCN(c2ccccc2)C1=O. The van der Waals surface area contributed by atoms with Gasteiger partial charge in [-0.25, -0.2) is 0 Å². The minimum atomic E-state index is -0.513. The van der Waals surface area contributed by atoms with Crippen molar-refractivity contribution in [3.63, 3.8) is 0 Å². The van der Waals surface area contributed by atoms with Crippen LogP contribution in [0.5, 0.6) is 0 Å². The van der Waals surface area contributed by atoms with Crippen molar-refractivity contribution in [2.24, 2.45) is 0 Å². The Morgan fingerprint density at radius 1 is 1.06 bits per heavy atom. The van der Waals surface area contributed by atoms with Crippen LogP contribution in [0.15, 0.2) is 79.1 Å². The molecule has 0 radical (unpaired) electrons. The molecule has 1 N–H and O–H groups in total. The highest BCUT2D eigenvalue weighted by molar-refractivity contribution is 6.06. The summed E-state index contributed by atoms with van der Waals surface area (Å²) in [6.07, 6.45) is 3.65. The van der Waals surface area contributed by atoms with Gasteiger partial charge in [0.15, 0.2) is 0 Å². The lowest BCUT2D eigenvalue weighted by atomic mass is 10.1. The lowest BCUT2D eigenvalue weighted by molar-refractivity contribution is -0.120. The average molecular weight is 428 g/mol. The summed E-state index contributed by atoms with van der Waals surface area (Å²) < 4.78 is 0. The second-order valence-corrected chi connectivity index (χ2v) is 7.50. The monoisotopic (exact) mass is 428 g/mol. The number of rotatable bonds is 6. The molecule has 3 amide bonds. The first-order valence-corrected chi connectivity index (χ1v) is 10.6. The molecule has 0 saturated carbocycles. The summed E-state index contributed by atoms with van der Waals surface area (Å²) in [6, 6.07) is 19.1. The normalized spacial score (nSPS) is 15.5. The number of para-hydroxylation sites is 1. The van der Waals surface area contributed by atoms with Crippen LogP contribution in [0.1, 0.15) is 34.1 Å². The van der Waals surface area contributed by atoms with E-state index in [0.29, 0.717) is 36.3 Å². The minimum Gasteiger partial charge on any atom is -0.327 e.